The summed E-state index contributed by atoms with van der Waals surface area (Å²) in [5, 5.41) is 5.41. The summed E-state index contributed by atoms with van der Waals surface area (Å²) in [6.45, 7) is 5.32. The lowest BCUT2D eigenvalue weighted by Gasteiger charge is -2.18. The Kier molecular flexibility index (Phi) is 6.17. The van der Waals surface area contributed by atoms with Gasteiger partial charge >= 0.3 is 0 Å². The van der Waals surface area contributed by atoms with E-state index in [2.05, 4.69) is 10.6 Å². The van der Waals surface area contributed by atoms with Crippen LogP contribution in [0.2, 0.25) is 0 Å². The normalized spacial score (nSPS) is 13.2. The van der Waals surface area contributed by atoms with Gasteiger partial charge in [-0.15, -0.1) is 0 Å². The third kappa shape index (κ3) is 4.75. The average Bonchev–Trinajstić information content (AvgIpc) is 2.45. The standard InChI is InChI=1S/C15H23N3O3/c1-5-9(2)14(16)15(20)18-11-6-7-13(21-4)12(8-11)17-10(3)19/h6-9,14H,5,16H2,1-4H3,(H,17,19)(H,18,20). The van der Waals surface area contributed by atoms with Gasteiger partial charge in [-0.05, 0) is 24.1 Å². The minimum atomic E-state index is -0.568. The van der Waals surface area contributed by atoms with Crippen molar-refractivity contribution in [2.45, 2.75) is 33.2 Å². The molecule has 1 rings (SSSR count). The van der Waals surface area contributed by atoms with Crippen molar-refractivity contribution >= 4 is 23.2 Å². The van der Waals surface area contributed by atoms with Gasteiger partial charge < -0.3 is 21.1 Å². The maximum atomic E-state index is 12.0. The third-order valence-corrected chi connectivity index (χ3v) is 3.34. The largest absolute Gasteiger partial charge is 0.495 e. The van der Waals surface area contributed by atoms with Crippen molar-refractivity contribution in [3.8, 4) is 5.75 Å². The van der Waals surface area contributed by atoms with E-state index >= 15 is 0 Å². The van der Waals surface area contributed by atoms with Crippen LogP contribution in [-0.4, -0.2) is 25.0 Å². The second-order valence-corrected chi connectivity index (χ2v) is 5.00. The number of methoxy groups -OCH3 is 1. The summed E-state index contributed by atoms with van der Waals surface area (Å²) < 4.78 is 5.16. The monoisotopic (exact) mass is 293 g/mol. The molecule has 0 aliphatic carbocycles. The molecule has 2 unspecified atom stereocenters. The Bertz CT molecular complexity index is 517. The van der Waals surface area contributed by atoms with Crippen LogP contribution in [0.25, 0.3) is 0 Å². The Morgan fingerprint density at radius 1 is 1.33 bits per heavy atom. The molecule has 0 saturated carbocycles. The zero-order valence-corrected chi connectivity index (χ0v) is 12.9. The van der Waals surface area contributed by atoms with Crippen molar-refractivity contribution in [3.05, 3.63) is 18.2 Å². The highest BCUT2D eigenvalue weighted by Gasteiger charge is 2.19. The molecule has 6 heteroatoms. The van der Waals surface area contributed by atoms with Crippen molar-refractivity contribution in [2.75, 3.05) is 17.7 Å². The first-order valence-corrected chi connectivity index (χ1v) is 6.91. The average molecular weight is 293 g/mol. The zero-order chi connectivity index (χ0) is 16.0. The first-order chi connectivity index (χ1) is 9.88. The molecule has 0 aromatic heterocycles. The number of nitrogens with one attached hydrogen (secondary N) is 2. The number of anilines is 2. The van der Waals surface area contributed by atoms with E-state index < -0.39 is 6.04 Å². The molecule has 0 aliphatic heterocycles. The SMILES string of the molecule is CCC(C)C(N)C(=O)Nc1ccc(OC)c(NC(C)=O)c1. The molecule has 116 valence electrons. The number of hydrogen-bond donors (Lipinski definition) is 3. The van der Waals surface area contributed by atoms with Gasteiger partial charge in [0.05, 0.1) is 18.8 Å². The van der Waals surface area contributed by atoms with Crippen LogP contribution in [0.3, 0.4) is 0 Å². The van der Waals surface area contributed by atoms with E-state index in [1.807, 2.05) is 13.8 Å². The maximum Gasteiger partial charge on any atom is 0.241 e. The minimum Gasteiger partial charge on any atom is -0.495 e. The van der Waals surface area contributed by atoms with Gasteiger partial charge in [0.25, 0.3) is 0 Å². The molecule has 0 saturated heterocycles. The minimum absolute atomic E-state index is 0.0954. The lowest BCUT2D eigenvalue weighted by atomic mass is 9.99. The Hall–Kier alpha value is -2.08. The Balaban J connectivity index is 2.89. The second-order valence-electron chi connectivity index (χ2n) is 5.00. The first-order valence-electron chi connectivity index (χ1n) is 6.91. The molecule has 0 bridgehead atoms. The predicted molar refractivity (Wildman–Crippen MR) is 83.4 cm³/mol. The fourth-order valence-corrected chi connectivity index (χ4v) is 1.81. The molecule has 0 aliphatic rings. The van der Waals surface area contributed by atoms with E-state index in [1.54, 1.807) is 18.2 Å². The van der Waals surface area contributed by atoms with E-state index in [4.69, 9.17) is 10.5 Å². The fraction of sp³-hybridized carbons (Fsp3) is 0.467. The van der Waals surface area contributed by atoms with Crippen molar-refractivity contribution in [2.24, 2.45) is 11.7 Å². The summed E-state index contributed by atoms with van der Waals surface area (Å²) >= 11 is 0. The van der Waals surface area contributed by atoms with Gasteiger partial charge in [-0.25, -0.2) is 0 Å². The third-order valence-electron chi connectivity index (χ3n) is 3.34. The maximum absolute atomic E-state index is 12.0. The molecule has 0 radical (unpaired) electrons. The van der Waals surface area contributed by atoms with E-state index in [1.165, 1.54) is 14.0 Å². The number of carbonyl (C=O) groups is 2. The zero-order valence-electron chi connectivity index (χ0n) is 12.9. The molecular weight excluding hydrogens is 270 g/mol. The molecule has 0 spiro atoms. The Morgan fingerprint density at radius 2 is 2.00 bits per heavy atom. The number of benzene rings is 1. The topological polar surface area (TPSA) is 93.5 Å². The van der Waals surface area contributed by atoms with Gasteiger partial charge in [-0.1, -0.05) is 20.3 Å². The number of hydrogen-bond acceptors (Lipinski definition) is 4. The van der Waals surface area contributed by atoms with Crippen molar-refractivity contribution in [3.63, 3.8) is 0 Å². The predicted octanol–water partition coefficient (Wildman–Crippen LogP) is 1.97. The van der Waals surface area contributed by atoms with E-state index in [9.17, 15) is 9.59 Å². The summed E-state index contributed by atoms with van der Waals surface area (Å²) in [7, 11) is 1.51. The summed E-state index contributed by atoms with van der Waals surface area (Å²) in [5.74, 6) is 0.156. The summed E-state index contributed by atoms with van der Waals surface area (Å²) in [5.41, 5.74) is 6.95. The summed E-state index contributed by atoms with van der Waals surface area (Å²) in [4.78, 5) is 23.2. The Labute approximate surface area is 125 Å². The van der Waals surface area contributed by atoms with Gasteiger partial charge in [0.2, 0.25) is 11.8 Å². The molecule has 1 aromatic carbocycles. The highest BCUT2D eigenvalue weighted by atomic mass is 16.5. The summed E-state index contributed by atoms with van der Waals surface area (Å²) in [6.07, 6.45) is 0.828. The van der Waals surface area contributed by atoms with Crippen LogP contribution in [0.5, 0.6) is 5.75 Å². The first kappa shape index (κ1) is 17.0. The van der Waals surface area contributed by atoms with E-state index in [0.29, 0.717) is 17.1 Å². The van der Waals surface area contributed by atoms with Crippen LogP contribution in [0.15, 0.2) is 18.2 Å². The smallest absolute Gasteiger partial charge is 0.241 e. The summed E-state index contributed by atoms with van der Waals surface area (Å²) in [6, 6.07) is 4.45. The molecule has 1 aromatic rings. The number of nitrogens with two attached hydrogens (primary N) is 1. The molecule has 2 atom stereocenters. The van der Waals surface area contributed by atoms with Crippen LogP contribution in [-0.2, 0) is 9.59 Å². The van der Waals surface area contributed by atoms with Crippen LogP contribution in [0.4, 0.5) is 11.4 Å². The highest BCUT2D eigenvalue weighted by molar-refractivity contribution is 5.97. The quantitative estimate of drug-likeness (QED) is 0.747. The lowest BCUT2D eigenvalue weighted by molar-refractivity contribution is -0.118. The number of carbonyl (C=O) groups excluding carboxylic acids is 2. The molecular formula is C15H23N3O3. The van der Waals surface area contributed by atoms with Gasteiger partial charge in [-0.3, -0.25) is 9.59 Å². The van der Waals surface area contributed by atoms with Crippen LogP contribution in [0, 0.1) is 5.92 Å². The molecule has 2 amide bonds. The van der Waals surface area contributed by atoms with E-state index in [-0.39, 0.29) is 17.7 Å². The van der Waals surface area contributed by atoms with Gasteiger partial charge in [0.1, 0.15) is 5.75 Å². The molecule has 21 heavy (non-hydrogen) atoms. The Morgan fingerprint density at radius 3 is 2.52 bits per heavy atom. The van der Waals surface area contributed by atoms with Crippen molar-refractivity contribution < 1.29 is 14.3 Å². The number of amides is 2. The van der Waals surface area contributed by atoms with Gasteiger partial charge in [0, 0.05) is 12.6 Å². The lowest BCUT2D eigenvalue weighted by Crippen LogP contribution is -2.40. The highest BCUT2D eigenvalue weighted by Crippen LogP contribution is 2.28. The second kappa shape index (κ2) is 7.64. The number of rotatable bonds is 6. The van der Waals surface area contributed by atoms with Crippen LogP contribution >= 0.6 is 0 Å². The number of ether oxygens (including phenoxy) is 1. The van der Waals surface area contributed by atoms with E-state index in [0.717, 1.165) is 6.42 Å². The van der Waals surface area contributed by atoms with Crippen molar-refractivity contribution in [1.29, 1.82) is 0 Å². The van der Waals surface area contributed by atoms with Crippen LogP contribution < -0.4 is 21.1 Å². The molecule has 6 nitrogen and oxygen atoms in total. The van der Waals surface area contributed by atoms with Crippen LogP contribution in [0.1, 0.15) is 27.2 Å². The molecule has 0 fully saturated rings. The van der Waals surface area contributed by atoms with Gasteiger partial charge in [-0.2, -0.15) is 0 Å². The van der Waals surface area contributed by atoms with Crippen molar-refractivity contribution in [1.82, 2.24) is 0 Å². The fourth-order valence-electron chi connectivity index (χ4n) is 1.81. The van der Waals surface area contributed by atoms with Gasteiger partial charge in [0.15, 0.2) is 0 Å². The molecule has 4 N–H and O–H groups in total. The molecule has 0 heterocycles.